The molecule has 2 unspecified atom stereocenters. The van der Waals surface area contributed by atoms with Gasteiger partial charge in [0.1, 0.15) is 0 Å². The topological polar surface area (TPSA) is 68.0 Å². The van der Waals surface area contributed by atoms with Crippen LogP contribution in [0, 0.1) is 0 Å². The zero-order valence-corrected chi connectivity index (χ0v) is 11.9. The van der Waals surface area contributed by atoms with Gasteiger partial charge < -0.3 is 11.1 Å². The maximum atomic E-state index is 12.1. The number of aromatic nitrogens is 1. The Morgan fingerprint density at radius 3 is 2.80 bits per heavy atom. The summed E-state index contributed by atoms with van der Waals surface area (Å²) in [4.78, 5) is 16.5. The molecule has 1 aromatic heterocycles. The van der Waals surface area contributed by atoms with Crippen molar-refractivity contribution in [2.24, 2.45) is 0 Å². The van der Waals surface area contributed by atoms with Gasteiger partial charge in [-0.15, -0.1) is 11.3 Å². The Morgan fingerprint density at radius 1 is 1.30 bits per heavy atom. The molecule has 1 amide bonds. The quantitative estimate of drug-likeness (QED) is 0.912. The van der Waals surface area contributed by atoms with E-state index in [2.05, 4.69) is 10.3 Å². The lowest BCUT2D eigenvalue weighted by Gasteiger charge is -2.12. The molecule has 2 atom stereocenters. The Bertz CT molecular complexity index is 596. The molecule has 5 heteroatoms. The number of nitrogens with one attached hydrogen (secondary N) is 1. The number of carbonyl (C=O) groups is 1. The molecule has 1 aromatic carbocycles. The van der Waals surface area contributed by atoms with Crippen molar-refractivity contribution in [2.75, 3.05) is 5.73 Å². The average Bonchev–Trinajstić information content (AvgIpc) is 3.09. The molecule has 1 aliphatic carbocycles. The number of carbonyl (C=O) groups excluding carboxylic acids is 1. The number of nitrogens with zero attached hydrogens (tertiary/aromatic N) is 1. The molecule has 0 radical (unpaired) electrons. The van der Waals surface area contributed by atoms with Crippen LogP contribution in [0.4, 0.5) is 5.13 Å². The smallest absolute Gasteiger partial charge is 0.251 e. The molecule has 0 saturated heterocycles. The van der Waals surface area contributed by atoms with Crippen LogP contribution in [0.3, 0.4) is 0 Å². The van der Waals surface area contributed by atoms with Crippen molar-refractivity contribution < 1.29 is 4.79 Å². The van der Waals surface area contributed by atoms with E-state index in [0.29, 0.717) is 16.6 Å². The first-order valence-corrected chi connectivity index (χ1v) is 7.67. The third-order valence-corrected chi connectivity index (χ3v) is 4.45. The van der Waals surface area contributed by atoms with E-state index < -0.39 is 0 Å². The number of nitrogen functional groups attached to an aromatic ring is 1. The Morgan fingerprint density at radius 2 is 2.10 bits per heavy atom. The summed E-state index contributed by atoms with van der Waals surface area (Å²) in [5.41, 5.74) is 7.46. The highest BCUT2D eigenvalue weighted by atomic mass is 32.1. The first-order valence-electron chi connectivity index (χ1n) is 6.79. The summed E-state index contributed by atoms with van der Waals surface area (Å²) < 4.78 is 0. The van der Waals surface area contributed by atoms with Crippen molar-refractivity contribution in [3.05, 3.63) is 47.0 Å². The Balaban J connectivity index is 1.59. The molecule has 104 valence electrons. The lowest BCUT2D eigenvalue weighted by molar-refractivity contribution is 0.0937. The molecule has 20 heavy (non-hydrogen) atoms. The average molecular weight is 287 g/mol. The van der Waals surface area contributed by atoms with Crippen LogP contribution >= 0.6 is 11.3 Å². The monoisotopic (exact) mass is 287 g/mol. The van der Waals surface area contributed by atoms with Crippen molar-refractivity contribution >= 4 is 22.4 Å². The number of hydrogen-bond donors (Lipinski definition) is 2. The summed E-state index contributed by atoms with van der Waals surface area (Å²) in [5, 5.41) is 5.76. The normalized spacial score (nSPS) is 21.8. The predicted molar refractivity (Wildman–Crippen MR) is 80.8 cm³/mol. The van der Waals surface area contributed by atoms with E-state index in [1.54, 1.807) is 0 Å². The number of anilines is 1. The lowest BCUT2D eigenvalue weighted by Crippen LogP contribution is -2.32. The molecule has 3 N–H and O–H groups in total. The molecule has 0 bridgehead atoms. The second-order valence-electron chi connectivity index (χ2n) is 5.16. The number of hydrogen-bond acceptors (Lipinski definition) is 4. The Labute approximate surface area is 122 Å². The van der Waals surface area contributed by atoms with Crippen molar-refractivity contribution in [3.8, 4) is 0 Å². The van der Waals surface area contributed by atoms with E-state index in [4.69, 9.17) is 5.73 Å². The second kappa shape index (κ2) is 5.63. The van der Waals surface area contributed by atoms with Gasteiger partial charge in [0.05, 0.1) is 5.69 Å². The molecule has 2 aromatic rings. The van der Waals surface area contributed by atoms with Gasteiger partial charge in [-0.1, -0.05) is 18.2 Å². The van der Waals surface area contributed by atoms with E-state index in [9.17, 15) is 4.79 Å². The third kappa shape index (κ3) is 2.82. The van der Waals surface area contributed by atoms with Gasteiger partial charge in [-0.3, -0.25) is 4.79 Å². The number of nitrogens with two attached hydrogens (primary N) is 1. The van der Waals surface area contributed by atoms with Gasteiger partial charge in [0.15, 0.2) is 5.13 Å². The minimum Gasteiger partial charge on any atom is -0.375 e. The highest BCUT2D eigenvalue weighted by Crippen LogP contribution is 2.35. The minimum atomic E-state index is 0.00837. The van der Waals surface area contributed by atoms with Gasteiger partial charge in [-0.05, 0) is 31.4 Å². The fourth-order valence-electron chi connectivity index (χ4n) is 2.73. The summed E-state index contributed by atoms with van der Waals surface area (Å²) in [5.74, 6) is 0.429. The van der Waals surface area contributed by atoms with Crippen molar-refractivity contribution in [1.29, 1.82) is 0 Å². The molecule has 1 saturated carbocycles. The SMILES string of the molecule is Nc1nc(C2CCC(NC(=O)c3ccccc3)C2)cs1. The second-order valence-corrected chi connectivity index (χ2v) is 6.05. The molecule has 1 heterocycles. The van der Waals surface area contributed by atoms with Crippen LogP contribution in [0.2, 0.25) is 0 Å². The standard InChI is InChI=1S/C15H17N3OS/c16-15-18-13(9-20-15)11-6-7-12(8-11)17-14(19)10-4-2-1-3-5-10/h1-5,9,11-12H,6-8H2,(H2,16,18)(H,17,19). The third-order valence-electron chi connectivity index (χ3n) is 3.76. The minimum absolute atomic E-state index is 0.00837. The van der Waals surface area contributed by atoms with Crippen LogP contribution in [0.25, 0.3) is 0 Å². The number of thiazole rings is 1. The van der Waals surface area contributed by atoms with E-state index in [0.717, 1.165) is 25.0 Å². The summed E-state index contributed by atoms with van der Waals surface area (Å²) in [7, 11) is 0. The van der Waals surface area contributed by atoms with E-state index in [1.165, 1.54) is 11.3 Å². The number of amides is 1. The summed E-state index contributed by atoms with van der Waals surface area (Å²) in [6.07, 6.45) is 3.01. The Kier molecular flexibility index (Phi) is 3.69. The molecule has 1 aliphatic rings. The summed E-state index contributed by atoms with van der Waals surface area (Å²) in [6.45, 7) is 0. The molecular weight excluding hydrogens is 270 g/mol. The van der Waals surface area contributed by atoms with Crippen LogP contribution in [-0.2, 0) is 0 Å². The van der Waals surface area contributed by atoms with Crippen LogP contribution in [0.5, 0.6) is 0 Å². The van der Waals surface area contributed by atoms with Crippen LogP contribution in [0.1, 0.15) is 41.2 Å². The van der Waals surface area contributed by atoms with Gasteiger partial charge in [0, 0.05) is 22.9 Å². The lowest BCUT2D eigenvalue weighted by atomic mass is 10.1. The molecule has 1 fully saturated rings. The van der Waals surface area contributed by atoms with Crippen LogP contribution < -0.4 is 11.1 Å². The predicted octanol–water partition coefficient (Wildman–Crippen LogP) is 2.79. The van der Waals surface area contributed by atoms with Gasteiger partial charge >= 0.3 is 0 Å². The first kappa shape index (κ1) is 13.1. The largest absolute Gasteiger partial charge is 0.375 e. The maximum absolute atomic E-state index is 12.1. The molecule has 4 nitrogen and oxygen atoms in total. The fraction of sp³-hybridized carbons (Fsp3) is 0.333. The zero-order valence-electron chi connectivity index (χ0n) is 11.1. The van der Waals surface area contributed by atoms with Gasteiger partial charge in [-0.25, -0.2) is 4.98 Å². The van der Waals surface area contributed by atoms with Crippen LogP contribution in [0.15, 0.2) is 35.7 Å². The van der Waals surface area contributed by atoms with E-state index >= 15 is 0 Å². The maximum Gasteiger partial charge on any atom is 0.251 e. The first-order chi connectivity index (χ1) is 9.72. The van der Waals surface area contributed by atoms with Gasteiger partial charge in [0.2, 0.25) is 0 Å². The van der Waals surface area contributed by atoms with E-state index in [1.807, 2.05) is 35.7 Å². The Hall–Kier alpha value is -1.88. The fourth-order valence-corrected chi connectivity index (χ4v) is 3.37. The molecular formula is C15H17N3OS. The molecule has 3 rings (SSSR count). The van der Waals surface area contributed by atoms with Gasteiger partial charge in [-0.2, -0.15) is 0 Å². The van der Waals surface area contributed by atoms with Crippen molar-refractivity contribution in [2.45, 2.75) is 31.2 Å². The van der Waals surface area contributed by atoms with Crippen LogP contribution in [-0.4, -0.2) is 16.9 Å². The number of rotatable bonds is 3. The number of benzene rings is 1. The summed E-state index contributed by atoms with van der Waals surface area (Å²) in [6, 6.07) is 9.57. The van der Waals surface area contributed by atoms with Crippen molar-refractivity contribution in [3.63, 3.8) is 0 Å². The van der Waals surface area contributed by atoms with Gasteiger partial charge in [0.25, 0.3) is 5.91 Å². The summed E-state index contributed by atoms with van der Waals surface area (Å²) >= 11 is 1.48. The highest BCUT2D eigenvalue weighted by molar-refractivity contribution is 7.13. The highest BCUT2D eigenvalue weighted by Gasteiger charge is 2.28. The zero-order chi connectivity index (χ0) is 13.9. The van der Waals surface area contributed by atoms with Crippen molar-refractivity contribution in [1.82, 2.24) is 10.3 Å². The molecule has 0 spiro atoms. The molecule has 0 aliphatic heterocycles. The van der Waals surface area contributed by atoms with E-state index in [-0.39, 0.29) is 11.9 Å².